The van der Waals surface area contributed by atoms with Crippen LogP contribution in [0, 0.1) is 21.7 Å². The molecule has 0 fully saturated rings. The van der Waals surface area contributed by atoms with Crippen LogP contribution in [0.5, 0.6) is 0 Å². The summed E-state index contributed by atoms with van der Waals surface area (Å²) in [7, 11) is 0. The maximum absolute atomic E-state index is 14.0. The third-order valence-electron chi connectivity index (χ3n) is 10.1. The van der Waals surface area contributed by atoms with Crippen LogP contribution in [0.1, 0.15) is 106 Å². The van der Waals surface area contributed by atoms with Gasteiger partial charge in [-0.15, -0.1) is 10.2 Å². The van der Waals surface area contributed by atoms with E-state index in [2.05, 4.69) is 20.5 Å². The molecule has 0 bridgehead atoms. The van der Waals surface area contributed by atoms with Crippen molar-refractivity contribution >= 4 is 34.3 Å². The maximum atomic E-state index is 14.0. The number of alkyl halides is 6. The molecule has 1 heterocycles. The predicted octanol–water partition coefficient (Wildman–Crippen LogP) is 15.2. The molecule has 2 aromatic carbocycles. The van der Waals surface area contributed by atoms with Crippen molar-refractivity contribution in [2.75, 3.05) is 0 Å². The van der Waals surface area contributed by atoms with Gasteiger partial charge in [0.05, 0.1) is 33.9 Å². The molecule has 0 aliphatic heterocycles. The van der Waals surface area contributed by atoms with Crippen molar-refractivity contribution in [2.45, 2.75) is 95.4 Å². The highest BCUT2D eigenvalue weighted by atomic mass is 19.4. The summed E-state index contributed by atoms with van der Waals surface area (Å²) >= 11 is 0. The van der Waals surface area contributed by atoms with Gasteiger partial charge in [0.15, 0.2) is 11.6 Å². The lowest BCUT2D eigenvalue weighted by atomic mass is 9.71. The maximum Gasteiger partial charge on any atom is 0.416 e. The van der Waals surface area contributed by atoms with Crippen LogP contribution in [0.3, 0.4) is 0 Å². The average Bonchev–Trinajstić information content (AvgIpc) is 3.14. The highest BCUT2D eigenvalue weighted by Crippen LogP contribution is 2.43. The van der Waals surface area contributed by atoms with Gasteiger partial charge in [-0.1, -0.05) is 89.2 Å². The smallest absolute Gasteiger partial charge is 0.289 e. The Bertz CT molecular complexity index is 2270. The SMILES string of the molecule is CC(C)(C)C1=CC(=C(N=Nc2ccc(C(F)(F)F)cc2)c2cccc(C(N=Nc3ccc(C(F)(F)F)cc3)=C3C=C(C(C)(C)C)C(=O)C(C(C)(C)C)=C3)n2)C=C(C(C)(C)C)C1=O. The van der Waals surface area contributed by atoms with Crippen LogP contribution in [0.15, 0.2) is 145 Å². The van der Waals surface area contributed by atoms with E-state index >= 15 is 0 Å². The first-order chi connectivity index (χ1) is 28.4. The number of carbonyl (C=O) groups is 2. The molecular formula is C49H51F6N5O2. The standard InChI is InChI=1S/C49H51F6N5O2/c1-44(2,3)34-24-28(25-35(42(34)61)45(4,5)6)40(59-57-32-20-16-30(17-21-32)48(50,51)52)38-14-13-15-39(56-38)41(60-58-33-22-18-31(19-23-33)49(53,54)55)29-26-36(46(7,8)9)43(62)37(27-29)47(10,11)12/h13-27H,1-12H3. The van der Waals surface area contributed by atoms with Gasteiger partial charge in [-0.3, -0.25) is 9.59 Å². The Hall–Kier alpha value is -5.85. The van der Waals surface area contributed by atoms with Crippen LogP contribution in [-0.4, -0.2) is 16.6 Å². The van der Waals surface area contributed by atoms with Crippen molar-refractivity contribution in [1.29, 1.82) is 0 Å². The molecule has 0 N–H and O–H groups in total. The Morgan fingerprint density at radius 3 is 0.952 bits per heavy atom. The minimum absolute atomic E-state index is 0.124. The van der Waals surface area contributed by atoms with Gasteiger partial charge in [0.25, 0.3) is 0 Å². The number of azo groups is 2. The number of rotatable bonds is 6. The van der Waals surface area contributed by atoms with Gasteiger partial charge in [0, 0.05) is 33.4 Å². The first-order valence-electron chi connectivity index (χ1n) is 20.0. The summed E-state index contributed by atoms with van der Waals surface area (Å²) in [6.07, 6.45) is -2.23. The minimum Gasteiger partial charge on any atom is -0.289 e. The minimum atomic E-state index is -4.56. The van der Waals surface area contributed by atoms with E-state index in [1.165, 1.54) is 24.3 Å². The van der Waals surface area contributed by atoms with E-state index in [0.717, 1.165) is 24.3 Å². The number of nitrogens with zero attached hydrogens (tertiary/aromatic N) is 5. The highest BCUT2D eigenvalue weighted by molar-refractivity contribution is 6.13. The summed E-state index contributed by atoms with van der Waals surface area (Å²) in [6, 6.07) is 13.4. The number of hydrogen-bond acceptors (Lipinski definition) is 7. The molecule has 7 nitrogen and oxygen atoms in total. The molecule has 326 valence electrons. The number of ketones is 2. The van der Waals surface area contributed by atoms with E-state index in [9.17, 15) is 35.9 Å². The first-order valence-corrected chi connectivity index (χ1v) is 20.0. The molecule has 0 radical (unpaired) electrons. The zero-order chi connectivity index (χ0) is 46.4. The number of benzene rings is 2. The third-order valence-corrected chi connectivity index (χ3v) is 10.1. The van der Waals surface area contributed by atoms with Gasteiger partial charge in [-0.2, -0.15) is 36.6 Å². The Balaban J connectivity index is 1.85. The van der Waals surface area contributed by atoms with Crippen LogP contribution in [0.2, 0.25) is 0 Å². The van der Waals surface area contributed by atoms with E-state index in [0.29, 0.717) is 33.4 Å². The van der Waals surface area contributed by atoms with Crippen LogP contribution in [-0.2, 0) is 21.9 Å². The molecule has 62 heavy (non-hydrogen) atoms. The zero-order valence-electron chi connectivity index (χ0n) is 37.0. The van der Waals surface area contributed by atoms with Gasteiger partial charge < -0.3 is 0 Å². The van der Waals surface area contributed by atoms with Crippen LogP contribution < -0.4 is 0 Å². The first kappa shape index (κ1) is 47.2. The molecule has 0 unspecified atom stereocenters. The summed E-state index contributed by atoms with van der Waals surface area (Å²) in [6.45, 7) is 23.0. The van der Waals surface area contributed by atoms with E-state index < -0.39 is 45.1 Å². The molecule has 1 aromatic heterocycles. The lowest BCUT2D eigenvalue weighted by Gasteiger charge is -2.31. The van der Waals surface area contributed by atoms with Crippen molar-refractivity contribution in [3.63, 3.8) is 0 Å². The van der Waals surface area contributed by atoms with Crippen LogP contribution in [0.4, 0.5) is 37.7 Å². The second-order valence-electron chi connectivity index (χ2n) is 19.4. The number of allylic oxidation sites excluding steroid dienone is 10. The fraction of sp³-hybridized carbons (Fsp3) is 0.367. The van der Waals surface area contributed by atoms with Gasteiger partial charge in [-0.05, 0) is 107 Å². The second-order valence-corrected chi connectivity index (χ2v) is 19.4. The topological polar surface area (TPSA) is 96.5 Å². The Morgan fingerprint density at radius 2 is 0.710 bits per heavy atom. The molecular weight excluding hydrogens is 805 g/mol. The number of pyridine rings is 1. The molecule has 0 amide bonds. The van der Waals surface area contributed by atoms with E-state index in [1.54, 1.807) is 42.5 Å². The molecule has 0 spiro atoms. The number of carbonyl (C=O) groups excluding carboxylic acids is 2. The number of halogens is 6. The molecule has 0 saturated heterocycles. The van der Waals surface area contributed by atoms with Crippen LogP contribution in [0.25, 0.3) is 11.4 Å². The summed E-state index contributed by atoms with van der Waals surface area (Å²) in [5.41, 5.74) is -0.125. The highest BCUT2D eigenvalue weighted by Gasteiger charge is 2.37. The second kappa shape index (κ2) is 16.8. The molecule has 0 atom stereocenters. The quantitative estimate of drug-likeness (QED) is 0.182. The normalized spacial score (nSPS) is 16.2. The van der Waals surface area contributed by atoms with Crippen molar-refractivity contribution in [3.8, 4) is 0 Å². The Kier molecular flexibility index (Phi) is 12.8. The van der Waals surface area contributed by atoms with Crippen molar-refractivity contribution in [3.05, 3.63) is 147 Å². The Morgan fingerprint density at radius 1 is 0.435 bits per heavy atom. The fourth-order valence-electron chi connectivity index (χ4n) is 6.62. The van der Waals surface area contributed by atoms with E-state index in [-0.39, 0.29) is 45.7 Å². The van der Waals surface area contributed by atoms with Gasteiger partial charge in [0.2, 0.25) is 0 Å². The summed E-state index contributed by atoms with van der Waals surface area (Å²) < 4.78 is 80.6. The number of Topliss-reactive ketones (excluding diaryl/α,β-unsaturated/α-hetero) is 2. The van der Waals surface area contributed by atoms with E-state index in [1.807, 2.05) is 83.1 Å². The van der Waals surface area contributed by atoms with Gasteiger partial charge >= 0.3 is 12.4 Å². The third kappa shape index (κ3) is 11.0. The molecule has 2 aliphatic carbocycles. The summed E-state index contributed by atoms with van der Waals surface area (Å²) in [5, 5.41) is 17.9. The van der Waals surface area contributed by atoms with Crippen molar-refractivity contribution < 1.29 is 35.9 Å². The van der Waals surface area contributed by atoms with Crippen molar-refractivity contribution in [1.82, 2.24) is 4.98 Å². The lowest BCUT2D eigenvalue weighted by molar-refractivity contribution is -0.138. The Labute approximate surface area is 359 Å². The molecule has 2 aliphatic rings. The lowest BCUT2D eigenvalue weighted by Crippen LogP contribution is -2.28. The summed E-state index contributed by atoms with van der Waals surface area (Å²) in [4.78, 5) is 33.0. The monoisotopic (exact) mass is 855 g/mol. The van der Waals surface area contributed by atoms with E-state index in [4.69, 9.17) is 4.98 Å². The predicted molar refractivity (Wildman–Crippen MR) is 230 cm³/mol. The zero-order valence-corrected chi connectivity index (χ0v) is 37.0. The number of hydrogen-bond donors (Lipinski definition) is 0. The molecule has 3 aromatic rings. The molecule has 5 rings (SSSR count). The number of aromatic nitrogens is 1. The van der Waals surface area contributed by atoms with Crippen LogP contribution >= 0.6 is 0 Å². The largest absolute Gasteiger partial charge is 0.416 e. The van der Waals surface area contributed by atoms with Gasteiger partial charge in [0.1, 0.15) is 11.4 Å². The molecule has 0 saturated carbocycles. The summed E-state index contributed by atoms with van der Waals surface area (Å²) in [5.74, 6) is -0.278. The molecule has 13 heteroatoms. The fourth-order valence-corrected chi connectivity index (χ4v) is 6.62. The van der Waals surface area contributed by atoms with Crippen molar-refractivity contribution in [2.24, 2.45) is 42.1 Å². The van der Waals surface area contributed by atoms with Gasteiger partial charge in [-0.25, -0.2) is 4.98 Å². The average molecular weight is 856 g/mol.